The standard InChI is InChI=1S/C17H27N3O4.HI/c1-3-18-17(19-8-5-10-21-4-2)20-9-11-22-14-6-7-15-16(12-14)24-13-23-15;/h6-7,12H,3-5,8-11,13H2,1-2H3,(H2,18,19,20);1H. The van der Waals surface area contributed by atoms with Gasteiger partial charge in [-0.3, -0.25) is 4.99 Å². The van der Waals surface area contributed by atoms with E-state index in [0.29, 0.717) is 13.2 Å². The molecule has 1 aromatic rings. The molecule has 0 aromatic heterocycles. The molecule has 142 valence electrons. The van der Waals surface area contributed by atoms with Gasteiger partial charge < -0.3 is 29.6 Å². The summed E-state index contributed by atoms with van der Waals surface area (Å²) in [4.78, 5) is 4.50. The Balaban J connectivity index is 0.00000312. The highest BCUT2D eigenvalue weighted by Gasteiger charge is 2.13. The van der Waals surface area contributed by atoms with Crippen LogP contribution in [0.4, 0.5) is 0 Å². The number of ether oxygens (including phenoxy) is 4. The van der Waals surface area contributed by atoms with Gasteiger partial charge in [-0.2, -0.15) is 0 Å². The van der Waals surface area contributed by atoms with E-state index in [1.807, 2.05) is 32.0 Å². The van der Waals surface area contributed by atoms with Crippen LogP contribution in [0.15, 0.2) is 23.2 Å². The summed E-state index contributed by atoms with van der Waals surface area (Å²) in [6, 6.07) is 5.57. The maximum atomic E-state index is 5.72. The zero-order valence-electron chi connectivity index (χ0n) is 14.9. The van der Waals surface area contributed by atoms with Crippen LogP contribution in [0.3, 0.4) is 0 Å². The first-order chi connectivity index (χ1) is 11.8. The number of rotatable bonds is 10. The Kier molecular flexibility index (Phi) is 11.1. The van der Waals surface area contributed by atoms with Crippen molar-refractivity contribution in [1.82, 2.24) is 10.6 Å². The van der Waals surface area contributed by atoms with Crippen LogP contribution in [0.2, 0.25) is 0 Å². The van der Waals surface area contributed by atoms with Crippen LogP contribution in [0.1, 0.15) is 20.3 Å². The Morgan fingerprint density at radius 2 is 2.00 bits per heavy atom. The Morgan fingerprint density at radius 3 is 2.80 bits per heavy atom. The SMILES string of the molecule is CCNC(=NCCCOCC)NCCOc1ccc2c(c1)OCO2.I. The summed E-state index contributed by atoms with van der Waals surface area (Å²) < 4.78 is 21.6. The van der Waals surface area contributed by atoms with Crippen molar-refractivity contribution in [1.29, 1.82) is 0 Å². The van der Waals surface area contributed by atoms with Gasteiger partial charge in [-0.05, 0) is 32.4 Å². The monoisotopic (exact) mass is 465 g/mol. The number of nitrogens with one attached hydrogen (secondary N) is 2. The number of fused-ring (bicyclic) bond motifs is 1. The van der Waals surface area contributed by atoms with E-state index in [1.54, 1.807) is 0 Å². The number of benzene rings is 1. The second-order valence-corrected chi connectivity index (χ2v) is 5.10. The molecule has 1 heterocycles. The first-order valence-electron chi connectivity index (χ1n) is 8.45. The zero-order chi connectivity index (χ0) is 17.0. The number of guanidine groups is 1. The quantitative estimate of drug-likeness (QED) is 0.239. The maximum absolute atomic E-state index is 5.72. The third kappa shape index (κ3) is 8.00. The van der Waals surface area contributed by atoms with Gasteiger partial charge in [-0.15, -0.1) is 24.0 Å². The maximum Gasteiger partial charge on any atom is 0.231 e. The van der Waals surface area contributed by atoms with Gasteiger partial charge in [0.05, 0.1) is 6.54 Å². The summed E-state index contributed by atoms with van der Waals surface area (Å²) in [6.07, 6.45) is 0.915. The summed E-state index contributed by atoms with van der Waals surface area (Å²) in [5, 5.41) is 6.46. The van der Waals surface area contributed by atoms with Crippen LogP contribution < -0.4 is 24.8 Å². The van der Waals surface area contributed by atoms with Gasteiger partial charge in [0.2, 0.25) is 6.79 Å². The summed E-state index contributed by atoms with van der Waals surface area (Å²) in [6.45, 7) is 8.54. The van der Waals surface area contributed by atoms with Crippen LogP contribution in [0.25, 0.3) is 0 Å². The van der Waals surface area contributed by atoms with Crippen molar-refractivity contribution in [3.63, 3.8) is 0 Å². The molecular weight excluding hydrogens is 437 g/mol. The third-order valence-corrected chi connectivity index (χ3v) is 3.27. The smallest absolute Gasteiger partial charge is 0.231 e. The van der Waals surface area contributed by atoms with Crippen LogP contribution in [-0.2, 0) is 4.74 Å². The van der Waals surface area contributed by atoms with Crippen molar-refractivity contribution in [2.75, 3.05) is 46.2 Å². The molecule has 0 fully saturated rings. The van der Waals surface area contributed by atoms with Gasteiger partial charge in [0.15, 0.2) is 17.5 Å². The Bertz CT molecular complexity index is 529. The van der Waals surface area contributed by atoms with Crippen LogP contribution >= 0.6 is 24.0 Å². The predicted molar refractivity (Wildman–Crippen MR) is 109 cm³/mol. The Labute approximate surface area is 166 Å². The molecule has 0 radical (unpaired) electrons. The molecule has 0 saturated heterocycles. The molecular formula is C17H28IN3O4. The lowest BCUT2D eigenvalue weighted by atomic mass is 10.3. The number of hydrogen-bond acceptors (Lipinski definition) is 5. The van der Waals surface area contributed by atoms with Gasteiger partial charge in [0, 0.05) is 32.4 Å². The van der Waals surface area contributed by atoms with E-state index in [2.05, 4.69) is 15.6 Å². The third-order valence-electron chi connectivity index (χ3n) is 3.27. The minimum absolute atomic E-state index is 0. The van der Waals surface area contributed by atoms with E-state index in [-0.39, 0.29) is 30.8 Å². The molecule has 2 N–H and O–H groups in total. The fraction of sp³-hybridized carbons (Fsp3) is 0.588. The topological polar surface area (TPSA) is 73.3 Å². The van der Waals surface area contributed by atoms with E-state index < -0.39 is 0 Å². The fourth-order valence-electron chi connectivity index (χ4n) is 2.15. The fourth-order valence-corrected chi connectivity index (χ4v) is 2.15. The van der Waals surface area contributed by atoms with E-state index in [9.17, 15) is 0 Å². The molecule has 25 heavy (non-hydrogen) atoms. The van der Waals surface area contributed by atoms with Gasteiger partial charge in [-0.1, -0.05) is 0 Å². The Morgan fingerprint density at radius 1 is 1.16 bits per heavy atom. The van der Waals surface area contributed by atoms with Crippen molar-refractivity contribution < 1.29 is 18.9 Å². The lowest BCUT2D eigenvalue weighted by molar-refractivity contribution is 0.146. The van der Waals surface area contributed by atoms with Gasteiger partial charge >= 0.3 is 0 Å². The van der Waals surface area contributed by atoms with Crippen molar-refractivity contribution in [2.45, 2.75) is 20.3 Å². The molecule has 0 bridgehead atoms. The largest absolute Gasteiger partial charge is 0.492 e. The van der Waals surface area contributed by atoms with Crippen molar-refractivity contribution >= 4 is 29.9 Å². The molecule has 0 spiro atoms. The van der Waals surface area contributed by atoms with Crippen LogP contribution in [0.5, 0.6) is 17.2 Å². The molecule has 2 rings (SSSR count). The minimum Gasteiger partial charge on any atom is -0.492 e. The number of hydrogen-bond donors (Lipinski definition) is 2. The average Bonchev–Trinajstić information content (AvgIpc) is 3.06. The molecule has 1 aliphatic rings. The molecule has 0 unspecified atom stereocenters. The predicted octanol–water partition coefficient (Wildman–Crippen LogP) is 2.39. The number of aliphatic imine (C=N–C) groups is 1. The highest BCUT2D eigenvalue weighted by atomic mass is 127. The zero-order valence-corrected chi connectivity index (χ0v) is 17.2. The first kappa shape index (κ1) is 21.6. The highest BCUT2D eigenvalue weighted by molar-refractivity contribution is 14.0. The second kappa shape index (κ2) is 12.9. The van der Waals surface area contributed by atoms with Crippen molar-refractivity contribution in [2.24, 2.45) is 4.99 Å². The Hall–Kier alpha value is -1.42. The summed E-state index contributed by atoms with van der Waals surface area (Å²) in [5.74, 6) is 3.04. The van der Waals surface area contributed by atoms with Crippen molar-refractivity contribution in [3.8, 4) is 17.2 Å². The van der Waals surface area contributed by atoms with E-state index in [0.717, 1.165) is 55.9 Å². The van der Waals surface area contributed by atoms with E-state index in [1.165, 1.54) is 0 Å². The van der Waals surface area contributed by atoms with E-state index in [4.69, 9.17) is 18.9 Å². The summed E-state index contributed by atoms with van der Waals surface area (Å²) in [7, 11) is 0. The minimum atomic E-state index is 0. The molecule has 0 saturated carbocycles. The molecule has 8 heteroatoms. The van der Waals surface area contributed by atoms with Crippen LogP contribution in [0, 0.1) is 0 Å². The molecule has 1 aromatic carbocycles. The van der Waals surface area contributed by atoms with E-state index >= 15 is 0 Å². The van der Waals surface area contributed by atoms with Crippen LogP contribution in [-0.4, -0.2) is 52.2 Å². The first-order valence-corrected chi connectivity index (χ1v) is 8.45. The molecule has 7 nitrogen and oxygen atoms in total. The number of nitrogens with zero attached hydrogens (tertiary/aromatic N) is 1. The lowest BCUT2D eigenvalue weighted by Gasteiger charge is -2.12. The summed E-state index contributed by atoms with van der Waals surface area (Å²) >= 11 is 0. The molecule has 1 aliphatic heterocycles. The summed E-state index contributed by atoms with van der Waals surface area (Å²) in [5.41, 5.74) is 0. The average molecular weight is 465 g/mol. The van der Waals surface area contributed by atoms with Gasteiger partial charge in [-0.25, -0.2) is 0 Å². The number of halogens is 1. The highest BCUT2D eigenvalue weighted by Crippen LogP contribution is 2.34. The van der Waals surface area contributed by atoms with Crippen molar-refractivity contribution in [3.05, 3.63) is 18.2 Å². The second-order valence-electron chi connectivity index (χ2n) is 5.10. The van der Waals surface area contributed by atoms with Gasteiger partial charge in [0.1, 0.15) is 12.4 Å². The molecule has 0 amide bonds. The normalized spacial score (nSPS) is 12.5. The molecule has 0 aliphatic carbocycles. The van der Waals surface area contributed by atoms with Gasteiger partial charge in [0.25, 0.3) is 0 Å². The molecule has 0 atom stereocenters. The lowest BCUT2D eigenvalue weighted by Crippen LogP contribution is -2.39.